The normalized spacial score (nSPS) is 10.9. The van der Waals surface area contributed by atoms with Crippen molar-refractivity contribution in [2.45, 2.75) is 6.42 Å². The molecule has 70 valence electrons. The van der Waals surface area contributed by atoms with Gasteiger partial charge < -0.3 is 4.98 Å². The van der Waals surface area contributed by atoms with Crippen molar-refractivity contribution in [1.29, 1.82) is 0 Å². The number of pyridine rings is 1. The lowest BCUT2D eigenvalue weighted by Gasteiger charge is -1.92. The molecule has 4 heteroatoms. The van der Waals surface area contributed by atoms with Gasteiger partial charge in [-0.25, -0.2) is 0 Å². The highest BCUT2D eigenvalue weighted by atomic mass is 35.5. The molecule has 13 heavy (non-hydrogen) atoms. The molecule has 1 rings (SSSR count). The first-order chi connectivity index (χ1) is 6.24. The van der Waals surface area contributed by atoms with Gasteiger partial charge in [-0.05, 0) is 18.2 Å². The molecule has 0 aliphatic heterocycles. The molecule has 0 aromatic carbocycles. The summed E-state index contributed by atoms with van der Waals surface area (Å²) in [5.41, 5.74) is 0.453. The standard InChI is InChI=1S/C9H10ClNOS/c10-8-5-7(3-1-2-4-13)9(12)11-6-8/h1,3,5-6,13H,2,4H2,(H,11,12). The van der Waals surface area contributed by atoms with E-state index in [0.717, 1.165) is 12.2 Å². The molecule has 0 saturated carbocycles. The molecule has 0 aliphatic carbocycles. The van der Waals surface area contributed by atoms with E-state index in [4.69, 9.17) is 11.6 Å². The third-order valence-corrected chi connectivity index (χ3v) is 1.97. The predicted molar refractivity (Wildman–Crippen MR) is 59.6 cm³/mol. The molecule has 0 atom stereocenters. The number of hydrogen-bond acceptors (Lipinski definition) is 2. The number of aromatic nitrogens is 1. The molecule has 0 aliphatic rings. The Hall–Kier alpha value is -0.670. The lowest BCUT2D eigenvalue weighted by atomic mass is 10.2. The minimum absolute atomic E-state index is 0.125. The minimum atomic E-state index is -0.125. The van der Waals surface area contributed by atoms with Gasteiger partial charge in [0.05, 0.1) is 5.02 Å². The van der Waals surface area contributed by atoms with Crippen molar-refractivity contribution in [2.24, 2.45) is 0 Å². The summed E-state index contributed by atoms with van der Waals surface area (Å²) in [7, 11) is 0. The van der Waals surface area contributed by atoms with E-state index in [1.165, 1.54) is 6.20 Å². The van der Waals surface area contributed by atoms with Gasteiger partial charge >= 0.3 is 0 Å². The molecule has 0 bridgehead atoms. The van der Waals surface area contributed by atoms with Crippen molar-refractivity contribution >= 4 is 30.3 Å². The molecule has 1 N–H and O–H groups in total. The summed E-state index contributed by atoms with van der Waals surface area (Å²) in [6, 6.07) is 1.63. The van der Waals surface area contributed by atoms with Crippen molar-refractivity contribution in [1.82, 2.24) is 4.98 Å². The number of aromatic amines is 1. The third-order valence-electron chi connectivity index (χ3n) is 1.49. The Labute approximate surface area is 87.0 Å². The summed E-state index contributed by atoms with van der Waals surface area (Å²) in [5, 5.41) is 0.533. The maximum atomic E-state index is 11.2. The van der Waals surface area contributed by atoms with Crippen LogP contribution in [0, 0.1) is 0 Å². The monoisotopic (exact) mass is 215 g/mol. The molecule has 2 nitrogen and oxygen atoms in total. The number of allylic oxidation sites excluding steroid dienone is 1. The van der Waals surface area contributed by atoms with Crippen LogP contribution in [-0.4, -0.2) is 10.7 Å². The Kier molecular flexibility index (Phi) is 4.12. The van der Waals surface area contributed by atoms with E-state index in [-0.39, 0.29) is 5.56 Å². The molecule has 1 aromatic rings. The van der Waals surface area contributed by atoms with Crippen molar-refractivity contribution in [3.8, 4) is 0 Å². The van der Waals surface area contributed by atoms with Crippen LogP contribution in [0.5, 0.6) is 0 Å². The first-order valence-corrected chi connectivity index (χ1v) is 4.90. The fraction of sp³-hybridized carbons (Fsp3) is 0.222. The van der Waals surface area contributed by atoms with Crippen LogP contribution in [0.2, 0.25) is 5.02 Å². The van der Waals surface area contributed by atoms with Crippen LogP contribution >= 0.6 is 24.2 Å². The second-order valence-corrected chi connectivity index (χ2v) is 3.40. The minimum Gasteiger partial charge on any atom is -0.327 e. The molecular weight excluding hydrogens is 206 g/mol. The zero-order chi connectivity index (χ0) is 9.68. The summed E-state index contributed by atoms with van der Waals surface area (Å²) < 4.78 is 0. The van der Waals surface area contributed by atoms with Gasteiger partial charge in [0.25, 0.3) is 5.56 Å². The average Bonchev–Trinajstić information content (AvgIpc) is 2.11. The summed E-state index contributed by atoms with van der Waals surface area (Å²) in [6.07, 6.45) is 5.96. The number of halogens is 1. The first-order valence-electron chi connectivity index (χ1n) is 3.89. The Balaban J connectivity index is 2.87. The molecule has 1 aromatic heterocycles. The number of hydrogen-bond donors (Lipinski definition) is 2. The van der Waals surface area contributed by atoms with Crippen LogP contribution < -0.4 is 5.56 Å². The maximum Gasteiger partial charge on any atom is 0.255 e. The smallest absolute Gasteiger partial charge is 0.255 e. The van der Waals surface area contributed by atoms with Crippen LogP contribution in [0.4, 0.5) is 0 Å². The van der Waals surface area contributed by atoms with E-state index >= 15 is 0 Å². The second-order valence-electron chi connectivity index (χ2n) is 2.52. The molecule has 0 saturated heterocycles. The van der Waals surface area contributed by atoms with Gasteiger partial charge in [0, 0.05) is 11.8 Å². The molecular formula is C9H10ClNOS. The maximum absolute atomic E-state index is 11.2. The van der Waals surface area contributed by atoms with Gasteiger partial charge in [0.15, 0.2) is 0 Å². The van der Waals surface area contributed by atoms with Crippen molar-refractivity contribution in [3.63, 3.8) is 0 Å². The van der Waals surface area contributed by atoms with Gasteiger partial charge in [-0.15, -0.1) is 0 Å². The van der Waals surface area contributed by atoms with E-state index in [1.807, 2.05) is 6.08 Å². The lowest BCUT2D eigenvalue weighted by molar-refractivity contribution is 1.22. The molecule has 0 unspecified atom stereocenters. The molecule has 0 amide bonds. The SMILES string of the molecule is O=c1[nH]cc(Cl)cc1C=CCCS. The Morgan fingerprint density at radius 3 is 3.08 bits per heavy atom. The third kappa shape index (κ3) is 3.28. The summed E-state index contributed by atoms with van der Waals surface area (Å²) >= 11 is 9.76. The van der Waals surface area contributed by atoms with E-state index < -0.39 is 0 Å². The first kappa shape index (κ1) is 10.4. The van der Waals surface area contributed by atoms with Crippen LogP contribution in [0.3, 0.4) is 0 Å². The van der Waals surface area contributed by atoms with E-state index in [2.05, 4.69) is 17.6 Å². The zero-order valence-corrected chi connectivity index (χ0v) is 8.61. The van der Waals surface area contributed by atoms with E-state index in [9.17, 15) is 4.79 Å². The highest BCUT2D eigenvalue weighted by Crippen LogP contribution is 2.06. The van der Waals surface area contributed by atoms with Crippen molar-refractivity contribution in [3.05, 3.63) is 39.3 Å². The molecule has 1 heterocycles. The predicted octanol–water partition coefficient (Wildman–Crippen LogP) is 2.36. The summed E-state index contributed by atoms with van der Waals surface area (Å²) in [5.74, 6) is 0.773. The van der Waals surface area contributed by atoms with Gasteiger partial charge in [-0.1, -0.05) is 23.8 Å². The van der Waals surface area contributed by atoms with Crippen LogP contribution in [0.25, 0.3) is 6.08 Å². The number of rotatable bonds is 3. The van der Waals surface area contributed by atoms with E-state index in [0.29, 0.717) is 10.6 Å². The fourth-order valence-corrected chi connectivity index (χ4v) is 1.20. The van der Waals surface area contributed by atoms with Gasteiger partial charge in [-0.3, -0.25) is 4.79 Å². The number of nitrogens with one attached hydrogen (secondary N) is 1. The van der Waals surface area contributed by atoms with Crippen molar-refractivity contribution in [2.75, 3.05) is 5.75 Å². The highest BCUT2D eigenvalue weighted by molar-refractivity contribution is 7.80. The molecule has 0 radical (unpaired) electrons. The topological polar surface area (TPSA) is 32.9 Å². The fourth-order valence-electron chi connectivity index (χ4n) is 0.882. The Morgan fingerprint density at radius 2 is 2.38 bits per heavy atom. The quantitative estimate of drug-likeness (QED) is 0.746. The largest absolute Gasteiger partial charge is 0.327 e. The Morgan fingerprint density at radius 1 is 1.62 bits per heavy atom. The van der Waals surface area contributed by atoms with Gasteiger partial charge in [-0.2, -0.15) is 12.6 Å². The summed E-state index contributed by atoms with van der Waals surface area (Å²) in [4.78, 5) is 13.7. The van der Waals surface area contributed by atoms with Crippen LogP contribution in [0.1, 0.15) is 12.0 Å². The van der Waals surface area contributed by atoms with Crippen LogP contribution in [0.15, 0.2) is 23.1 Å². The lowest BCUT2D eigenvalue weighted by Crippen LogP contribution is -2.07. The highest BCUT2D eigenvalue weighted by Gasteiger charge is 1.94. The van der Waals surface area contributed by atoms with Crippen LogP contribution in [-0.2, 0) is 0 Å². The molecule has 0 fully saturated rings. The second kappa shape index (κ2) is 5.14. The van der Waals surface area contributed by atoms with E-state index in [1.54, 1.807) is 12.1 Å². The summed E-state index contributed by atoms with van der Waals surface area (Å²) in [6.45, 7) is 0. The number of H-pyrrole nitrogens is 1. The van der Waals surface area contributed by atoms with Gasteiger partial charge in [0.2, 0.25) is 0 Å². The molecule has 0 spiro atoms. The van der Waals surface area contributed by atoms with Crippen molar-refractivity contribution < 1.29 is 0 Å². The number of thiol groups is 1. The average molecular weight is 216 g/mol. The Bertz CT molecular complexity index is 359. The van der Waals surface area contributed by atoms with Gasteiger partial charge in [0.1, 0.15) is 0 Å². The zero-order valence-electron chi connectivity index (χ0n) is 6.96.